The number of nitrogens with zero attached hydrogens (tertiary/aromatic N) is 3. The number of carbonyl (C=O) groups excluding carboxylic acids is 1. The number of benzene rings is 1. The molecule has 2 heterocycles. The summed E-state index contributed by atoms with van der Waals surface area (Å²) in [5, 5.41) is 13.8. The molecule has 1 aliphatic heterocycles. The van der Waals surface area contributed by atoms with Crippen LogP contribution in [-0.2, 0) is 10.3 Å². The Balaban J connectivity index is 1.76. The number of carbonyl (C=O) groups is 2. The highest BCUT2D eigenvalue weighted by Crippen LogP contribution is 2.31. The first-order valence-corrected chi connectivity index (χ1v) is 7.74. The van der Waals surface area contributed by atoms with Crippen molar-refractivity contribution in [2.24, 2.45) is 0 Å². The Morgan fingerprint density at radius 1 is 1.25 bits per heavy atom. The van der Waals surface area contributed by atoms with E-state index in [0.717, 1.165) is 0 Å². The highest BCUT2D eigenvalue weighted by Gasteiger charge is 2.44. The van der Waals surface area contributed by atoms with E-state index < -0.39 is 11.5 Å². The quantitative estimate of drug-likeness (QED) is 0.921. The Bertz CT molecular complexity index is 734. The number of methoxy groups -OCH3 is 1. The summed E-state index contributed by atoms with van der Waals surface area (Å²) < 4.78 is 6.63. The van der Waals surface area contributed by atoms with Gasteiger partial charge in [0.25, 0.3) is 5.91 Å². The predicted octanol–water partition coefficient (Wildman–Crippen LogP) is 1.61. The number of aliphatic carboxylic acids is 1. The SMILES string of the molecule is COc1cccc(C(=O)N2CCC(C(=O)O)(n3cccn3)CC2)c1. The third kappa shape index (κ3) is 2.73. The van der Waals surface area contributed by atoms with Gasteiger partial charge in [-0.15, -0.1) is 0 Å². The Labute approximate surface area is 139 Å². The van der Waals surface area contributed by atoms with E-state index in [-0.39, 0.29) is 5.91 Å². The number of rotatable bonds is 4. The second-order valence-corrected chi connectivity index (χ2v) is 5.81. The Morgan fingerprint density at radius 2 is 2.00 bits per heavy atom. The lowest BCUT2D eigenvalue weighted by molar-refractivity contribution is -0.150. The van der Waals surface area contributed by atoms with Crippen molar-refractivity contribution in [2.45, 2.75) is 18.4 Å². The summed E-state index contributed by atoms with van der Waals surface area (Å²) in [5.41, 5.74) is -0.550. The van der Waals surface area contributed by atoms with Gasteiger partial charge in [0.15, 0.2) is 5.54 Å². The maximum Gasteiger partial charge on any atom is 0.331 e. The molecule has 0 spiro atoms. The third-order valence-electron chi connectivity index (χ3n) is 4.54. The highest BCUT2D eigenvalue weighted by atomic mass is 16.5. The molecule has 7 heteroatoms. The summed E-state index contributed by atoms with van der Waals surface area (Å²) in [6, 6.07) is 8.67. The van der Waals surface area contributed by atoms with E-state index in [9.17, 15) is 14.7 Å². The zero-order chi connectivity index (χ0) is 17.2. The van der Waals surface area contributed by atoms with Crippen LogP contribution in [0.3, 0.4) is 0 Å². The molecule has 1 aliphatic rings. The van der Waals surface area contributed by atoms with Gasteiger partial charge in [0.05, 0.1) is 7.11 Å². The van der Waals surface area contributed by atoms with Crippen LogP contribution < -0.4 is 4.74 Å². The number of piperidine rings is 1. The lowest BCUT2D eigenvalue weighted by Gasteiger charge is -2.39. The van der Waals surface area contributed by atoms with Gasteiger partial charge in [0.2, 0.25) is 0 Å². The molecular weight excluding hydrogens is 310 g/mol. The van der Waals surface area contributed by atoms with Crippen LogP contribution in [0.25, 0.3) is 0 Å². The van der Waals surface area contributed by atoms with Gasteiger partial charge in [-0.05, 0) is 24.3 Å². The van der Waals surface area contributed by atoms with E-state index in [4.69, 9.17) is 4.74 Å². The maximum absolute atomic E-state index is 12.6. The molecule has 0 bridgehead atoms. The van der Waals surface area contributed by atoms with Crippen molar-refractivity contribution >= 4 is 11.9 Å². The molecule has 0 atom stereocenters. The molecule has 1 saturated heterocycles. The summed E-state index contributed by atoms with van der Waals surface area (Å²) in [4.78, 5) is 26.1. The van der Waals surface area contributed by atoms with Crippen LogP contribution in [-0.4, -0.2) is 51.9 Å². The lowest BCUT2D eigenvalue weighted by atomic mass is 9.87. The molecule has 3 rings (SSSR count). The van der Waals surface area contributed by atoms with Crippen LogP contribution in [0.15, 0.2) is 42.7 Å². The van der Waals surface area contributed by atoms with Crippen LogP contribution in [0.5, 0.6) is 5.75 Å². The van der Waals surface area contributed by atoms with E-state index >= 15 is 0 Å². The minimum absolute atomic E-state index is 0.117. The van der Waals surface area contributed by atoms with Gasteiger partial charge < -0.3 is 14.7 Å². The zero-order valence-electron chi connectivity index (χ0n) is 13.4. The highest BCUT2D eigenvalue weighted by molar-refractivity contribution is 5.94. The van der Waals surface area contributed by atoms with Gasteiger partial charge in [-0.25, -0.2) is 4.79 Å². The number of hydrogen-bond acceptors (Lipinski definition) is 4. The zero-order valence-corrected chi connectivity index (χ0v) is 13.4. The van der Waals surface area contributed by atoms with Crippen LogP contribution >= 0.6 is 0 Å². The fraction of sp³-hybridized carbons (Fsp3) is 0.353. The molecule has 1 aromatic carbocycles. The van der Waals surface area contributed by atoms with E-state index in [1.165, 1.54) is 4.68 Å². The number of likely N-dealkylation sites (tertiary alicyclic amines) is 1. The van der Waals surface area contributed by atoms with E-state index in [1.807, 2.05) is 0 Å². The lowest BCUT2D eigenvalue weighted by Crippen LogP contribution is -2.52. The molecule has 7 nitrogen and oxygen atoms in total. The standard InChI is InChI=1S/C17H19N3O4/c1-24-14-5-2-4-13(12-14)15(21)19-10-6-17(7-11-19,16(22)23)20-9-3-8-18-20/h2-5,8-9,12H,6-7,10-11H2,1H3,(H,22,23). The number of amides is 1. The number of aromatic nitrogens is 2. The minimum atomic E-state index is -1.09. The molecule has 0 aliphatic carbocycles. The summed E-state index contributed by atoms with van der Waals surface area (Å²) in [7, 11) is 1.55. The number of carboxylic acid groups (broad SMARTS) is 1. The summed E-state index contributed by atoms with van der Waals surface area (Å²) in [6.07, 6.45) is 3.87. The van der Waals surface area contributed by atoms with Crippen LogP contribution in [0.4, 0.5) is 0 Å². The third-order valence-corrected chi connectivity index (χ3v) is 4.54. The second-order valence-electron chi connectivity index (χ2n) is 5.81. The molecule has 0 radical (unpaired) electrons. The molecule has 1 fully saturated rings. The number of ether oxygens (including phenoxy) is 1. The normalized spacial score (nSPS) is 16.6. The maximum atomic E-state index is 12.6. The van der Waals surface area contributed by atoms with Crippen LogP contribution in [0.2, 0.25) is 0 Å². The van der Waals surface area contributed by atoms with Crippen molar-refractivity contribution in [2.75, 3.05) is 20.2 Å². The fourth-order valence-corrected chi connectivity index (χ4v) is 3.08. The van der Waals surface area contributed by atoms with Crippen molar-refractivity contribution in [3.05, 3.63) is 48.3 Å². The summed E-state index contributed by atoms with van der Waals surface area (Å²) >= 11 is 0. The van der Waals surface area contributed by atoms with E-state index in [2.05, 4.69) is 5.10 Å². The van der Waals surface area contributed by atoms with E-state index in [1.54, 1.807) is 54.7 Å². The van der Waals surface area contributed by atoms with Gasteiger partial charge in [0.1, 0.15) is 5.75 Å². The fourth-order valence-electron chi connectivity index (χ4n) is 3.08. The molecule has 1 amide bonds. The number of hydrogen-bond donors (Lipinski definition) is 1. The van der Waals surface area contributed by atoms with Crippen molar-refractivity contribution in [3.63, 3.8) is 0 Å². The molecule has 0 saturated carbocycles. The molecule has 0 unspecified atom stereocenters. The van der Waals surface area contributed by atoms with Crippen LogP contribution in [0.1, 0.15) is 23.2 Å². The number of carboxylic acids is 1. The molecule has 1 N–H and O–H groups in total. The van der Waals surface area contributed by atoms with Gasteiger partial charge in [-0.2, -0.15) is 5.10 Å². The monoisotopic (exact) mass is 329 g/mol. The largest absolute Gasteiger partial charge is 0.497 e. The van der Waals surface area contributed by atoms with Gasteiger partial charge in [0, 0.05) is 43.9 Å². The predicted molar refractivity (Wildman–Crippen MR) is 86.0 cm³/mol. The average molecular weight is 329 g/mol. The van der Waals surface area contributed by atoms with Crippen molar-refractivity contribution < 1.29 is 19.4 Å². The topological polar surface area (TPSA) is 84.7 Å². The molecule has 126 valence electrons. The van der Waals surface area contributed by atoms with Crippen molar-refractivity contribution in [3.8, 4) is 5.75 Å². The van der Waals surface area contributed by atoms with E-state index in [0.29, 0.717) is 37.2 Å². The first kappa shape index (κ1) is 16.0. The summed E-state index contributed by atoms with van der Waals surface area (Å²) in [5.74, 6) is -0.415. The average Bonchev–Trinajstić information content (AvgIpc) is 3.16. The van der Waals surface area contributed by atoms with Crippen molar-refractivity contribution in [1.82, 2.24) is 14.7 Å². The Hall–Kier alpha value is -2.83. The molecule has 2 aromatic rings. The first-order chi connectivity index (χ1) is 11.6. The molecular formula is C17H19N3O4. The minimum Gasteiger partial charge on any atom is -0.497 e. The van der Waals surface area contributed by atoms with Crippen LogP contribution in [0, 0.1) is 0 Å². The molecule has 24 heavy (non-hydrogen) atoms. The smallest absolute Gasteiger partial charge is 0.331 e. The Kier molecular flexibility index (Phi) is 4.24. The van der Waals surface area contributed by atoms with Crippen molar-refractivity contribution in [1.29, 1.82) is 0 Å². The molecule has 1 aromatic heterocycles. The Morgan fingerprint density at radius 3 is 2.58 bits per heavy atom. The van der Waals surface area contributed by atoms with Gasteiger partial charge in [-0.3, -0.25) is 9.48 Å². The first-order valence-electron chi connectivity index (χ1n) is 7.74. The van der Waals surface area contributed by atoms with Gasteiger partial charge in [-0.1, -0.05) is 6.07 Å². The summed E-state index contributed by atoms with van der Waals surface area (Å²) in [6.45, 7) is 0.727. The van der Waals surface area contributed by atoms with Gasteiger partial charge >= 0.3 is 5.97 Å². The second kappa shape index (κ2) is 6.35.